The minimum atomic E-state index is -3.27. The van der Waals surface area contributed by atoms with E-state index in [4.69, 9.17) is 0 Å². The Kier molecular flexibility index (Phi) is 4.31. The van der Waals surface area contributed by atoms with Gasteiger partial charge in [0, 0.05) is 12.7 Å². The quantitative estimate of drug-likeness (QED) is 0.725. The number of hydrogen-bond acceptors (Lipinski definition) is 4. The molecule has 120 valence electrons. The number of nitrogens with zero attached hydrogens (tertiary/aromatic N) is 2. The number of aromatic nitrogens is 2. The summed E-state index contributed by atoms with van der Waals surface area (Å²) in [4.78, 5) is 4.50. The first-order valence-electron chi connectivity index (χ1n) is 7.21. The Morgan fingerprint density at radius 1 is 1.04 bits per heavy atom. The maximum atomic E-state index is 11.3. The molecular weight excluding hydrogens is 312 g/mol. The third-order valence-electron chi connectivity index (χ3n) is 3.41. The summed E-state index contributed by atoms with van der Waals surface area (Å²) in [7, 11) is -3.27. The zero-order valence-corrected chi connectivity index (χ0v) is 13.5. The lowest BCUT2D eigenvalue weighted by Crippen LogP contribution is -2.22. The van der Waals surface area contributed by atoms with Gasteiger partial charge in [-0.25, -0.2) is 18.1 Å². The Hall–Kier alpha value is -2.38. The zero-order chi connectivity index (χ0) is 16.3. The molecule has 7 heteroatoms. The maximum Gasteiger partial charge on any atom is 0.209 e. The summed E-state index contributed by atoms with van der Waals surface area (Å²) < 4.78 is 27.1. The van der Waals surface area contributed by atoms with Crippen LogP contribution in [-0.4, -0.2) is 24.1 Å². The normalized spacial score (nSPS) is 11.7. The van der Waals surface area contributed by atoms with E-state index >= 15 is 0 Å². The first-order valence-corrected chi connectivity index (χ1v) is 9.10. The third kappa shape index (κ3) is 3.88. The number of anilines is 1. The first kappa shape index (κ1) is 15.5. The second-order valence-electron chi connectivity index (χ2n) is 5.27. The number of sulfonamides is 1. The van der Waals surface area contributed by atoms with Crippen molar-refractivity contribution in [3.05, 3.63) is 66.0 Å². The molecule has 0 aliphatic carbocycles. The first-order chi connectivity index (χ1) is 11.0. The molecule has 0 unspecified atom stereocenters. The van der Waals surface area contributed by atoms with Gasteiger partial charge in [-0.15, -0.1) is 0 Å². The lowest BCUT2D eigenvalue weighted by molar-refractivity contribution is 0.587. The van der Waals surface area contributed by atoms with Gasteiger partial charge in [0.2, 0.25) is 10.0 Å². The molecule has 0 aliphatic rings. The van der Waals surface area contributed by atoms with Crippen molar-refractivity contribution in [3.8, 4) is 0 Å². The Labute approximate surface area is 135 Å². The van der Waals surface area contributed by atoms with Gasteiger partial charge in [0.25, 0.3) is 0 Å². The fraction of sp³-hybridized carbons (Fsp3) is 0.188. The Morgan fingerprint density at radius 3 is 2.52 bits per heavy atom. The van der Waals surface area contributed by atoms with Crippen LogP contribution in [0.1, 0.15) is 11.3 Å². The molecule has 6 nitrogen and oxygen atoms in total. The predicted molar refractivity (Wildman–Crippen MR) is 90.6 cm³/mol. The topological polar surface area (TPSA) is 75.5 Å². The van der Waals surface area contributed by atoms with Gasteiger partial charge in [-0.05, 0) is 17.7 Å². The highest BCUT2D eigenvalue weighted by Gasteiger charge is 2.13. The SMILES string of the molecule is CS(=O)(=O)NCc1nc2ccccn2c1NCc1ccccc1. The highest BCUT2D eigenvalue weighted by Crippen LogP contribution is 2.19. The van der Waals surface area contributed by atoms with E-state index in [-0.39, 0.29) is 6.54 Å². The molecule has 0 atom stereocenters. The molecule has 0 saturated heterocycles. The van der Waals surface area contributed by atoms with Crippen molar-refractivity contribution in [1.29, 1.82) is 0 Å². The molecule has 2 N–H and O–H groups in total. The molecule has 0 amide bonds. The van der Waals surface area contributed by atoms with Gasteiger partial charge >= 0.3 is 0 Å². The van der Waals surface area contributed by atoms with Crippen molar-refractivity contribution in [3.63, 3.8) is 0 Å². The second kappa shape index (κ2) is 6.39. The van der Waals surface area contributed by atoms with Gasteiger partial charge in [-0.1, -0.05) is 36.4 Å². The van der Waals surface area contributed by atoms with Crippen LogP contribution in [0.5, 0.6) is 0 Å². The van der Waals surface area contributed by atoms with E-state index in [0.717, 1.165) is 23.3 Å². The fourth-order valence-electron chi connectivity index (χ4n) is 2.34. The van der Waals surface area contributed by atoms with Crippen LogP contribution in [0.15, 0.2) is 54.7 Å². The van der Waals surface area contributed by atoms with Crippen molar-refractivity contribution in [1.82, 2.24) is 14.1 Å². The molecule has 0 fully saturated rings. The number of fused-ring (bicyclic) bond motifs is 1. The summed E-state index contributed by atoms with van der Waals surface area (Å²) >= 11 is 0. The van der Waals surface area contributed by atoms with Crippen LogP contribution in [0.2, 0.25) is 0 Å². The third-order valence-corrected chi connectivity index (χ3v) is 4.08. The molecule has 2 heterocycles. The Balaban J connectivity index is 1.89. The van der Waals surface area contributed by atoms with E-state index in [1.807, 2.05) is 59.1 Å². The van der Waals surface area contributed by atoms with Crippen LogP contribution in [0.4, 0.5) is 5.82 Å². The number of nitrogens with one attached hydrogen (secondary N) is 2. The molecule has 0 radical (unpaired) electrons. The van der Waals surface area contributed by atoms with Gasteiger partial charge in [0.05, 0.1) is 18.5 Å². The lowest BCUT2D eigenvalue weighted by Gasteiger charge is -2.09. The molecule has 3 rings (SSSR count). The molecule has 0 bridgehead atoms. The largest absolute Gasteiger partial charge is 0.366 e. The average Bonchev–Trinajstić information content (AvgIpc) is 2.89. The summed E-state index contributed by atoms with van der Waals surface area (Å²) in [6.07, 6.45) is 3.04. The van der Waals surface area contributed by atoms with E-state index in [9.17, 15) is 8.42 Å². The van der Waals surface area contributed by atoms with E-state index in [1.165, 1.54) is 0 Å². The number of rotatable bonds is 6. The van der Waals surface area contributed by atoms with Crippen LogP contribution in [-0.2, 0) is 23.1 Å². The monoisotopic (exact) mass is 330 g/mol. The minimum Gasteiger partial charge on any atom is -0.366 e. The number of pyridine rings is 1. The van der Waals surface area contributed by atoms with Gasteiger partial charge in [0.1, 0.15) is 11.5 Å². The van der Waals surface area contributed by atoms with Crippen LogP contribution in [0, 0.1) is 0 Å². The summed E-state index contributed by atoms with van der Waals surface area (Å²) in [5, 5.41) is 3.35. The molecule has 1 aromatic carbocycles. The summed E-state index contributed by atoms with van der Waals surface area (Å²) in [5.41, 5.74) is 2.58. The van der Waals surface area contributed by atoms with Crippen LogP contribution in [0.3, 0.4) is 0 Å². The van der Waals surface area contributed by atoms with Crippen molar-refractivity contribution in [2.75, 3.05) is 11.6 Å². The van der Waals surface area contributed by atoms with Crippen molar-refractivity contribution in [2.45, 2.75) is 13.1 Å². The number of benzene rings is 1. The summed E-state index contributed by atoms with van der Waals surface area (Å²) in [5.74, 6) is 0.792. The Morgan fingerprint density at radius 2 is 1.78 bits per heavy atom. The standard InChI is InChI=1S/C16H18N4O2S/c1-23(21,22)18-12-14-16(17-11-13-7-3-2-4-8-13)20-10-6-5-9-15(20)19-14/h2-10,17-18H,11-12H2,1H3. The van der Waals surface area contributed by atoms with Crippen molar-refractivity contribution in [2.24, 2.45) is 0 Å². The highest BCUT2D eigenvalue weighted by atomic mass is 32.2. The van der Waals surface area contributed by atoms with E-state index in [0.29, 0.717) is 12.2 Å². The van der Waals surface area contributed by atoms with Crippen molar-refractivity contribution < 1.29 is 8.42 Å². The van der Waals surface area contributed by atoms with E-state index in [1.54, 1.807) is 0 Å². The highest BCUT2D eigenvalue weighted by molar-refractivity contribution is 7.88. The van der Waals surface area contributed by atoms with Gasteiger partial charge < -0.3 is 5.32 Å². The lowest BCUT2D eigenvalue weighted by atomic mass is 10.2. The fourth-order valence-corrected chi connectivity index (χ4v) is 2.73. The van der Waals surface area contributed by atoms with Crippen molar-refractivity contribution >= 4 is 21.5 Å². The predicted octanol–water partition coefficient (Wildman–Crippen LogP) is 2.00. The molecule has 0 aliphatic heterocycles. The van der Waals surface area contributed by atoms with Gasteiger partial charge in [-0.3, -0.25) is 4.40 Å². The molecule has 0 saturated carbocycles. The maximum absolute atomic E-state index is 11.3. The number of hydrogen-bond donors (Lipinski definition) is 2. The second-order valence-corrected chi connectivity index (χ2v) is 7.10. The van der Waals surface area contributed by atoms with E-state index in [2.05, 4.69) is 15.0 Å². The van der Waals surface area contributed by atoms with E-state index < -0.39 is 10.0 Å². The smallest absolute Gasteiger partial charge is 0.209 e. The zero-order valence-electron chi connectivity index (χ0n) is 12.7. The van der Waals surface area contributed by atoms with Gasteiger partial charge in [-0.2, -0.15) is 0 Å². The summed E-state index contributed by atoms with van der Waals surface area (Å²) in [6, 6.07) is 15.7. The average molecular weight is 330 g/mol. The number of imidazole rings is 1. The molecule has 2 aromatic heterocycles. The Bertz CT molecular complexity index is 904. The molecule has 3 aromatic rings. The van der Waals surface area contributed by atoms with Crippen LogP contribution < -0.4 is 10.0 Å². The van der Waals surface area contributed by atoms with Crippen LogP contribution >= 0.6 is 0 Å². The van der Waals surface area contributed by atoms with Crippen LogP contribution in [0.25, 0.3) is 5.65 Å². The molecular formula is C16H18N4O2S. The molecule has 0 spiro atoms. The van der Waals surface area contributed by atoms with Gasteiger partial charge in [0.15, 0.2) is 0 Å². The molecule has 23 heavy (non-hydrogen) atoms. The minimum absolute atomic E-state index is 0.150. The summed E-state index contributed by atoms with van der Waals surface area (Å²) in [6.45, 7) is 0.785.